The Bertz CT molecular complexity index is 769. The fourth-order valence-electron chi connectivity index (χ4n) is 3.83. The summed E-state index contributed by atoms with van der Waals surface area (Å²) in [6, 6.07) is 0. The van der Waals surface area contributed by atoms with Crippen molar-refractivity contribution in [1.29, 1.82) is 5.41 Å². The Balaban J connectivity index is 1.19. The molecule has 3 heterocycles. The van der Waals surface area contributed by atoms with Crippen molar-refractivity contribution in [3.8, 4) is 11.7 Å². The summed E-state index contributed by atoms with van der Waals surface area (Å²) in [5.41, 5.74) is 1.90. The zero-order valence-corrected chi connectivity index (χ0v) is 16.1. The van der Waals surface area contributed by atoms with Crippen molar-refractivity contribution in [2.24, 2.45) is 0 Å². The molecule has 0 atom stereocenters. The first-order valence-electron chi connectivity index (χ1n) is 9.94. The van der Waals surface area contributed by atoms with Crippen LogP contribution in [-0.2, 0) is 4.74 Å². The first kappa shape index (κ1) is 19.5. The number of likely N-dealkylation sites (tertiary alicyclic amines) is 1. The number of ether oxygens (including phenoxy) is 2. The van der Waals surface area contributed by atoms with Crippen LogP contribution >= 0.6 is 0 Å². The molecular formula is C18H26N8O3. The van der Waals surface area contributed by atoms with Crippen molar-refractivity contribution in [2.45, 2.75) is 56.8 Å². The molecule has 2 fully saturated rings. The average molecular weight is 402 g/mol. The van der Waals surface area contributed by atoms with E-state index in [-0.39, 0.29) is 24.3 Å². The summed E-state index contributed by atoms with van der Waals surface area (Å²) in [7, 11) is 0. The molecule has 0 amide bonds. The van der Waals surface area contributed by atoms with Crippen LogP contribution in [0, 0.1) is 5.41 Å². The number of guanidine groups is 1. The minimum atomic E-state index is 0.0542. The second-order valence-corrected chi connectivity index (χ2v) is 7.35. The Kier molecular flexibility index (Phi) is 6.15. The van der Waals surface area contributed by atoms with Crippen LogP contribution in [0.15, 0.2) is 25.0 Å². The summed E-state index contributed by atoms with van der Waals surface area (Å²) in [5, 5.41) is 20.5. The van der Waals surface area contributed by atoms with Crippen LogP contribution in [0.3, 0.4) is 0 Å². The predicted molar refractivity (Wildman–Crippen MR) is 102 cm³/mol. The summed E-state index contributed by atoms with van der Waals surface area (Å²) in [4.78, 5) is 14.3. The van der Waals surface area contributed by atoms with E-state index in [2.05, 4.69) is 20.1 Å². The van der Waals surface area contributed by atoms with Crippen molar-refractivity contribution < 1.29 is 14.7 Å². The highest BCUT2D eigenvalue weighted by Gasteiger charge is 2.28. The van der Waals surface area contributed by atoms with Gasteiger partial charge in [-0.1, -0.05) is 0 Å². The highest BCUT2D eigenvalue weighted by molar-refractivity contribution is 5.75. The monoisotopic (exact) mass is 402 g/mol. The Morgan fingerprint density at radius 2 is 1.76 bits per heavy atom. The summed E-state index contributed by atoms with van der Waals surface area (Å²) in [6.45, 7) is 1.44. The quantitative estimate of drug-likeness (QED) is 0.382. The van der Waals surface area contributed by atoms with Crippen LogP contribution in [0.4, 0.5) is 0 Å². The molecule has 11 nitrogen and oxygen atoms in total. The molecule has 1 aliphatic carbocycles. The number of hydroxylamine groups is 1. The second-order valence-electron chi connectivity index (χ2n) is 7.35. The van der Waals surface area contributed by atoms with Gasteiger partial charge in [0.1, 0.15) is 18.8 Å². The number of hydrogen-bond acceptors (Lipinski definition) is 8. The zero-order valence-electron chi connectivity index (χ0n) is 16.1. The molecule has 0 radical (unpaired) electrons. The number of aromatic nitrogens is 5. The molecule has 2 aromatic rings. The summed E-state index contributed by atoms with van der Waals surface area (Å²) >= 11 is 0. The molecule has 0 bridgehead atoms. The standard InChI is InChI=1S/C18H26N8O3/c19-18(24-27)25-7-5-15(6-8-25)28-13-1-3-14(4-2-13)29-17-10-21-16(9-22-17)26-12-20-11-23-26/h9-15,27H,1-8H2,(H2,19,24)/t13-,14-. The lowest BCUT2D eigenvalue weighted by Gasteiger charge is -2.36. The van der Waals surface area contributed by atoms with Crippen LogP contribution in [0.25, 0.3) is 5.82 Å². The molecule has 0 aromatic carbocycles. The molecule has 3 N–H and O–H groups in total. The van der Waals surface area contributed by atoms with Gasteiger partial charge in [-0.15, -0.1) is 0 Å². The van der Waals surface area contributed by atoms with Gasteiger partial charge in [0, 0.05) is 13.1 Å². The van der Waals surface area contributed by atoms with Crippen LogP contribution in [0.5, 0.6) is 5.88 Å². The molecule has 2 aliphatic rings. The predicted octanol–water partition coefficient (Wildman–Crippen LogP) is 1.14. The van der Waals surface area contributed by atoms with Gasteiger partial charge < -0.3 is 14.4 Å². The molecule has 4 rings (SSSR count). The average Bonchev–Trinajstić information content (AvgIpc) is 3.31. The molecular weight excluding hydrogens is 376 g/mol. The van der Waals surface area contributed by atoms with Gasteiger partial charge >= 0.3 is 0 Å². The first-order chi connectivity index (χ1) is 14.2. The van der Waals surface area contributed by atoms with Crippen molar-refractivity contribution in [3.05, 3.63) is 25.0 Å². The molecule has 29 heavy (non-hydrogen) atoms. The maximum absolute atomic E-state index is 8.83. The number of piperidine rings is 1. The van der Waals surface area contributed by atoms with E-state index in [1.54, 1.807) is 23.4 Å². The molecule has 0 unspecified atom stereocenters. The topological polar surface area (TPSA) is 134 Å². The Labute approximate surface area is 168 Å². The van der Waals surface area contributed by atoms with Crippen LogP contribution in [0.1, 0.15) is 38.5 Å². The number of nitrogens with one attached hydrogen (secondary N) is 2. The van der Waals surface area contributed by atoms with Gasteiger partial charge in [0.25, 0.3) is 0 Å². The van der Waals surface area contributed by atoms with Gasteiger partial charge in [-0.05, 0) is 38.5 Å². The number of hydrogen-bond donors (Lipinski definition) is 3. The van der Waals surface area contributed by atoms with E-state index in [4.69, 9.17) is 20.1 Å². The van der Waals surface area contributed by atoms with E-state index in [1.165, 1.54) is 6.33 Å². The SMILES string of the molecule is N=C(NO)N1CCC(O[C@H]2CC[C@H](Oc3cnc(-n4cncn4)cn3)CC2)CC1. The highest BCUT2D eigenvalue weighted by atomic mass is 16.5. The van der Waals surface area contributed by atoms with Crippen molar-refractivity contribution >= 4 is 5.96 Å². The van der Waals surface area contributed by atoms with Gasteiger partial charge in [-0.2, -0.15) is 5.10 Å². The largest absolute Gasteiger partial charge is 0.473 e. The van der Waals surface area contributed by atoms with E-state index in [0.717, 1.165) is 51.6 Å². The van der Waals surface area contributed by atoms with Gasteiger partial charge in [-0.25, -0.2) is 25.1 Å². The molecule has 11 heteroatoms. The fourth-order valence-corrected chi connectivity index (χ4v) is 3.83. The molecule has 1 saturated carbocycles. The van der Waals surface area contributed by atoms with Gasteiger partial charge in [0.2, 0.25) is 11.8 Å². The fraction of sp³-hybridized carbons (Fsp3) is 0.611. The Hall–Kier alpha value is -2.79. The summed E-state index contributed by atoms with van der Waals surface area (Å²) < 4.78 is 13.8. The molecule has 1 saturated heterocycles. The lowest BCUT2D eigenvalue weighted by molar-refractivity contribution is -0.0623. The minimum absolute atomic E-state index is 0.0542. The van der Waals surface area contributed by atoms with Crippen molar-refractivity contribution in [1.82, 2.24) is 35.1 Å². The van der Waals surface area contributed by atoms with Crippen LogP contribution in [-0.4, -0.2) is 72.2 Å². The third-order valence-electron chi connectivity index (χ3n) is 5.43. The van der Waals surface area contributed by atoms with E-state index in [9.17, 15) is 0 Å². The Morgan fingerprint density at radius 1 is 1.03 bits per heavy atom. The third kappa shape index (κ3) is 4.98. The van der Waals surface area contributed by atoms with Gasteiger partial charge in [0.15, 0.2) is 5.82 Å². The maximum atomic E-state index is 8.83. The number of rotatable bonds is 5. The zero-order chi connectivity index (χ0) is 20.1. The lowest BCUT2D eigenvalue weighted by atomic mass is 9.94. The number of nitrogens with zero attached hydrogens (tertiary/aromatic N) is 6. The molecule has 2 aromatic heterocycles. The molecule has 0 spiro atoms. The lowest BCUT2D eigenvalue weighted by Crippen LogP contribution is -2.46. The van der Waals surface area contributed by atoms with E-state index < -0.39 is 0 Å². The maximum Gasteiger partial charge on any atom is 0.232 e. The van der Waals surface area contributed by atoms with Crippen LogP contribution < -0.4 is 10.2 Å². The van der Waals surface area contributed by atoms with E-state index >= 15 is 0 Å². The highest BCUT2D eigenvalue weighted by Crippen LogP contribution is 2.27. The molecule has 1 aliphatic heterocycles. The van der Waals surface area contributed by atoms with Crippen LogP contribution in [0.2, 0.25) is 0 Å². The van der Waals surface area contributed by atoms with Crippen molar-refractivity contribution in [3.63, 3.8) is 0 Å². The third-order valence-corrected chi connectivity index (χ3v) is 5.43. The van der Waals surface area contributed by atoms with Gasteiger partial charge in [-0.3, -0.25) is 10.6 Å². The van der Waals surface area contributed by atoms with E-state index in [0.29, 0.717) is 11.7 Å². The minimum Gasteiger partial charge on any atom is -0.473 e. The van der Waals surface area contributed by atoms with Gasteiger partial charge in [0.05, 0.1) is 24.6 Å². The molecule has 156 valence electrons. The van der Waals surface area contributed by atoms with E-state index in [1.807, 2.05) is 10.4 Å². The Morgan fingerprint density at radius 3 is 2.38 bits per heavy atom. The normalized spacial score (nSPS) is 23.0. The van der Waals surface area contributed by atoms with Crippen molar-refractivity contribution in [2.75, 3.05) is 13.1 Å². The first-order valence-corrected chi connectivity index (χ1v) is 9.94. The smallest absolute Gasteiger partial charge is 0.232 e. The summed E-state index contributed by atoms with van der Waals surface area (Å²) in [6.07, 6.45) is 12.4. The second kappa shape index (κ2) is 9.14. The summed E-state index contributed by atoms with van der Waals surface area (Å²) in [5.74, 6) is 1.17.